The molecule has 0 atom stereocenters. The van der Waals surface area contributed by atoms with Crippen LogP contribution in [0.5, 0.6) is 0 Å². The Balaban J connectivity index is 1.95. The highest BCUT2D eigenvalue weighted by Gasteiger charge is 2.06. The first-order valence-corrected chi connectivity index (χ1v) is 7.09. The topological polar surface area (TPSA) is 49.3 Å². The zero-order valence-electron chi connectivity index (χ0n) is 11.1. The van der Waals surface area contributed by atoms with Gasteiger partial charge in [0.05, 0.1) is 6.54 Å². The summed E-state index contributed by atoms with van der Waals surface area (Å²) >= 11 is 1.54. The average Bonchev–Trinajstić information content (AvgIpc) is 2.90. The Morgan fingerprint density at radius 2 is 2.25 bits per heavy atom. The number of carbonyl (C=O) groups is 1. The molecular weight excluding hydrogens is 270 g/mol. The molecule has 0 aliphatic heterocycles. The number of benzene rings is 1. The van der Waals surface area contributed by atoms with Crippen LogP contribution >= 0.6 is 11.3 Å². The Labute approximate surface area is 122 Å². The lowest BCUT2D eigenvalue weighted by molar-refractivity contribution is 0.0951. The smallest absolute Gasteiger partial charge is 0.251 e. The number of rotatable bonds is 3. The summed E-state index contributed by atoms with van der Waals surface area (Å²) in [6.07, 6.45) is 0. The summed E-state index contributed by atoms with van der Waals surface area (Å²) in [7, 11) is 0. The third kappa shape index (κ3) is 3.95. The highest BCUT2D eigenvalue weighted by molar-refractivity contribution is 7.10. The van der Waals surface area contributed by atoms with Gasteiger partial charge in [0.15, 0.2) is 0 Å². The predicted octanol–water partition coefficient (Wildman–Crippen LogP) is 2.33. The molecule has 20 heavy (non-hydrogen) atoms. The maximum absolute atomic E-state index is 12.0. The van der Waals surface area contributed by atoms with Crippen LogP contribution in [0.3, 0.4) is 0 Å². The molecule has 0 aliphatic rings. The van der Waals surface area contributed by atoms with Crippen molar-refractivity contribution >= 4 is 17.2 Å². The molecule has 0 fully saturated rings. The van der Waals surface area contributed by atoms with E-state index >= 15 is 0 Å². The maximum atomic E-state index is 12.0. The van der Waals surface area contributed by atoms with Crippen LogP contribution < -0.4 is 5.32 Å². The lowest BCUT2D eigenvalue weighted by atomic mass is 10.1. The van der Waals surface area contributed by atoms with Gasteiger partial charge in [-0.15, -0.1) is 11.3 Å². The molecule has 0 saturated carbocycles. The molecule has 1 heterocycles. The van der Waals surface area contributed by atoms with Crippen LogP contribution in [0.4, 0.5) is 0 Å². The summed E-state index contributed by atoms with van der Waals surface area (Å²) in [5.74, 6) is 5.36. The zero-order chi connectivity index (χ0) is 14.4. The van der Waals surface area contributed by atoms with Crippen molar-refractivity contribution < 1.29 is 9.90 Å². The molecule has 1 aromatic heterocycles. The highest BCUT2D eigenvalue weighted by atomic mass is 32.1. The van der Waals surface area contributed by atoms with Crippen LogP contribution in [0, 0.1) is 18.8 Å². The van der Waals surface area contributed by atoms with Crippen LogP contribution in [-0.2, 0) is 6.54 Å². The summed E-state index contributed by atoms with van der Waals surface area (Å²) in [5.41, 5.74) is 2.60. The summed E-state index contributed by atoms with van der Waals surface area (Å²) in [5, 5.41) is 13.4. The molecule has 4 heteroatoms. The Kier molecular flexibility index (Phi) is 4.94. The first-order chi connectivity index (χ1) is 9.69. The van der Waals surface area contributed by atoms with Crippen LogP contribution in [0.2, 0.25) is 0 Å². The molecule has 0 saturated heterocycles. The number of nitrogens with one attached hydrogen (secondary N) is 1. The fourth-order valence-corrected chi connectivity index (χ4v) is 2.49. The number of thiophene rings is 1. The van der Waals surface area contributed by atoms with E-state index in [0.29, 0.717) is 12.1 Å². The van der Waals surface area contributed by atoms with Gasteiger partial charge in [-0.25, -0.2) is 0 Å². The number of hydrogen-bond donors (Lipinski definition) is 2. The Hall–Kier alpha value is -2.09. The predicted molar refractivity (Wildman–Crippen MR) is 80.6 cm³/mol. The van der Waals surface area contributed by atoms with Gasteiger partial charge in [-0.1, -0.05) is 29.5 Å². The van der Waals surface area contributed by atoms with E-state index in [2.05, 4.69) is 17.2 Å². The minimum absolute atomic E-state index is 0.0786. The quantitative estimate of drug-likeness (QED) is 0.850. The van der Waals surface area contributed by atoms with Crippen molar-refractivity contribution in [3.05, 3.63) is 57.3 Å². The average molecular weight is 285 g/mol. The Bertz CT molecular complexity index is 664. The Morgan fingerprint density at radius 1 is 1.40 bits per heavy atom. The van der Waals surface area contributed by atoms with Crippen molar-refractivity contribution in [2.75, 3.05) is 6.61 Å². The van der Waals surface area contributed by atoms with E-state index in [1.807, 2.05) is 36.6 Å². The van der Waals surface area contributed by atoms with Gasteiger partial charge in [-0.3, -0.25) is 4.79 Å². The molecular formula is C16H15NO2S. The van der Waals surface area contributed by atoms with Gasteiger partial charge in [0, 0.05) is 21.4 Å². The second kappa shape index (κ2) is 6.90. The standard InChI is InChI=1S/C16H15NO2S/c1-12-4-2-6-14(8-12)16(19)17-10-15-9-13(11-20-15)5-3-7-18/h2,4,6,8-9,11,18H,7,10H2,1H3,(H,17,19). The SMILES string of the molecule is Cc1cccc(C(=O)NCc2cc(C#CCO)cs2)c1. The van der Waals surface area contributed by atoms with Crippen LogP contribution in [-0.4, -0.2) is 17.6 Å². The molecule has 1 amide bonds. The van der Waals surface area contributed by atoms with Crippen molar-refractivity contribution in [1.82, 2.24) is 5.32 Å². The second-order valence-corrected chi connectivity index (χ2v) is 5.31. The van der Waals surface area contributed by atoms with Crippen LogP contribution in [0.1, 0.15) is 26.4 Å². The lowest BCUT2D eigenvalue weighted by Crippen LogP contribution is -2.22. The van der Waals surface area contributed by atoms with Crippen molar-refractivity contribution in [3.8, 4) is 11.8 Å². The van der Waals surface area contributed by atoms with Crippen molar-refractivity contribution in [3.63, 3.8) is 0 Å². The number of carbonyl (C=O) groups excluding carboxylic acids is 1. The molecule has 3 nitrogen and oxygen atoms in total. The van der Waals surface area contributed by atoms with E-state index < -0.39 is 0 Å². The van der Waals surface area contributed by atoms with Gasteiger partial charge in [0.25, 0.3) is 5.91 Å². The molecule has 2 rings (SSSR count). The molecule has 2 aromatic rings. The lowest BCUT2D eigenvalue weighted by Gasteiger charge is -2.04. The maximum Gasteiger partial charge on any atom is 0.251 e. The molecule has 0 radical (unpaired) electrons. The van der Waals surface area contributed by atoms with Gasteiger partial charge >= 0.3 is 0 Å². The summed E-state index contributed by atoms with van der Waals surface area (Å²) in [6, 6.07) is 9.42. The minimum atomic E-state index is -0.144. The number of amides is 1. The number of aliphatic hydroxyl groups is 1. The third-order valence-corrected chi connectivity index (χ3v) is 3.61. The van der Waals surface area contributed by atoms with E-state index in [1.165, 1.54) is 0 Å². The van der Waals surface area contributed by atoms with Gasteiger partial charge in [0.1, 0.15) is 6.61 Å². The minimum Gasteiger partial charge on any atom is -0.384 e. The molecule has 0 aliphatic carbocycles. The normalized spacial score (nSPS) is 9.70. The van der Waals surface area contributed by atoms with E-state index in [9.17, 15) is 4.79 Å². The summed E-state index contributed by atoms with van der Waals surface area (Å²) in [4.78, 5) is 13.0. The first-order valence-electron chi connectivity index (χ1n) is 6.21. The monoisotopic (exact) mass is 285 g/mol. The first kappa shape index (κ1) is 14.3. The van der Waals surface area contributed by atoms with Crippen molar-refractivity contribution in [1.29, 1.82) is 0 Å². The fourth-order valence-electron chi connectivity index (χ4n) is 1.74. The van der Waals surface area contributed by atoms with Crippen LogP contribution in [0.15, 0.2) is 35.7 Å². The van der Waals surface area contributed by atoms with Crippen molar-refractivity contribution in [2.45, 2.75) is 13.5 Å². The zero-order valence-corrected chi connectivity index (χ0v) is 12.0. The molecule has 0 bridgehead atoms. The second-order valence-electron chi connectivity index (χ2n) is 4.31. The van der Waals surface area contributed by atoms with Gasteiger partial charge in [-0.05, 0) is 25.1 Å². The van der Waals surface area contributed by atoms with Gasteiger partial charge < -0.3 is 10.4 Å². The summed E-state index contributed by atoms with van der Waals surface area (Å²) < 4.78 is 0. The number of aryl methyl sites for hydroxylation is 1. The molecule has 102 valence electrons. The molecule has 2 N–H and O–H groups in total. The molecule has 0 unspecified atom stereocenters. The molecule has 1 aromatic carbocycles. The van der Waals surface area contributed by atoms with Crippen molar-refractivity contribution in [2.24, 2.45) is 0 Å². The van der Waals surface area contributed by atoms with E-state index in [-0.39, 0.29) is 12.5 Å². The Morgan fingerprint density at radius 3 is 3.00 bits per heavy atom. The fraction of sp³-hybridized carbons (Fsp3) is 0.188. The highest BCUT2D eigenvalue weighted by Crippen LogP contribution is 2.14. The van der Waals surface area contributed by atoms with E-state index in [0.717, 1.165) is 16.0 Å². The number of aliphatic hydroxyl groups excluding tert-OH is 1. The van der Waals surface area contributed by atoms with Gasteiger partial charge in [-0.2, -0.15) is 0 Å². The van der Waals surface area contributed by atoms with Crippen LogP contribution in [0.25, 0.3) is 0 Å². The van der Waals surface area contributed by atoms with E-state index in [4.69, 9.17) is 5.11 Å². The van der Waals surface area contributed by atoms with Gasteiger partial charge in [0.2, 0.25) is 0 Å². The largest absolute Gasteiger partial charge is 0.384 e. The molecule has 0 spiro atoms. The van der Waals surface area contributed by atoms with E-state index in [1.54, 1.807) is 17.4 Å². The third-order valence-electron chi connectivity index (χ3n) is 2.67. The summed E-state index contributed by atoms with van der Waals surface area (Å²) in [6.45, 7) is 2.30. The number of hydrogen-bond acceptors (Lipinski definition) is 3.